The van der Waals surface area contributed by atoms with E-state index in [0.29, 0.717) is 15.6 Å². The van der Waals surface area contributed by atoms with Crippen molar-refractivity contribution in [3.05, 3.63) is 22.6 Å². The van der Waals surface area contributed by atoms with Gasteiger partial charge in [-0.2, -0.15) is 0 Å². The van der Waals surface area contributed by atoms with Crippen molar-refractivity contribution in [3.8, 4) is 0 Å². The van der Waals surface area contributed by atoms with Crippen LogP contribution < -0.4 is 5.32 Å². The minimum atomic E-state index is -0.0528. The van der Waals surface area contributed by atoms with E-state index >= 15 is 0 Å². The third-order valence-electron chi connectivity index (χ3n) is 3.22. The number of halogens is 1. The Balaban J connectivity index is 1.87. The highest BCUT2D eigenvalue weighted by Crippen LogP contribution is 2.48. The van der Waals surface area contributed by atoms with E-state index in [1.54, 1.807) is 6.07 Å². The van der Waals surface area contributed by atoms with Crippen molar-refractivity contribution in [2.75, 3.05) is 6.54 Å². The first-order valence-corrected chi connectivity index (χ1v) is 6.47. The highest BCUT2D eigenvalue weighted by atomic mass is 79.9. The van der Waals surface area contributed by atoms with Crippen LogP contribution in [-0.2, 0) is 0 Å². The van der Waals surface area contributed by atoms with Gasteiger partial charge in [-0.3, -0.25) is 4.79 Å². The van der Waals surface area contributed by atoms with Gasteiger partial charge in [0.1, 0.15) is 0 Å². The third kappa shape index (κ3) is 2.48. The van der Waals surface area contributed by atoms with Crippen molar-refractivity contribution < 1.29 is 9.21 Å². The molecule has 1 saturated carbocycles. The fourth-order valence-corrected chi connectivity index (χ4v) is 2.46. The van der Waals surface area contributed by atoms with Crippen LogP contribution in [0.3, 0.4) is 0 Å². The molecule has 0 spiro atoms. The Morgan fingerprint density at radius 1 is 1.62 bits per heavy atom. The molecule has 0 atom stereocenters. The van der Waals surface area contributed by atoms with Gasteiger partial charge in [0.15, 0.2) is 4.67 Å². The van der Waals surface area contributed by atoms with Crippen LogP contribution in [0.15, 0.2) is 21.4 Å². The lowest BCUT2D eigenvalue weighted by atomic mass is 10.0. The van der Waals surface area contributed by atoms with Crippen LogP contribution in [0.1, 0.15) is 43.0 Å². The summed E-state index contributed by atoms with van der Waals surface area (Å²) in [5, 5.41) is 2.98. The summed E-state index contributed by atoms with van der Waals surface area (Å²) in [4.78, 5) is 11.8. The van der Waals surface area contributed by atoms with Gasteiger partial charge in [0, 0.05) is 6.54 Å². The van der Waals surface area contributed by atoms with E-state index in [0.717, 1.165) is 6.54 Å². The number of nitrogens with one attached hydrogen (secondary N) is 1. The van der Waals surface area contributed by atoms with Crippen LogP contribution in [0.5, 0.6) is 0 Å². The third-order valence-corrected chi connectivity index (χ3v) is 3.84. The number of carbonyl (C=O) groups is 1. The first-order valence-electron chi connectivity index (χ1n) is 5.68. The highest BCUT2D eigenvalue weighted by Gasteiger charge is 2.41. The molecular formula is C12H16BrNO2. The van der Waals surface area contributed by atoms with E-state index in [1.807, 2.05) is 0 Å². The molecule has 1 aliphatic rings. The molecule has 1 fully saturated rings. The van der Waals surface area contributed by atoms with Crippen molar-refractivity contribution in [3.63, 3.8) is 0 Å². The fraction of sp³-hybridized carbons (Fsp3) is 0.583. The maximum atomic E-state index is 11.8. The second kappa shape index (κ2) is 4.62. The lowest BCUT2D eigenvalue weighted by Crippen LogP contribution is -2.30. The largest absolute Gasteiger partial charge is 0.457 e. The SMILES string of the molecule is CCCC1(CNC(=O)c2ccoc2Br)CC1. The minimum Gasteiger partial charge on any atom is -0.457 e. The molecular weight excluding hydrogens is 270 g/mol. The Kier molecular flexibility index (Phi) is 3.38. The van der Waals surface area contributed by atoms with E-state index in [4.69, 9.17) is 4.42 Å². The molecule has 0 aromatic carbocycles. The fourth-order valence-electron chi connectivity index (χ4n) is 2.04. The number of carbonyl (C=O) groups excluding carboxylic acids is 1. The van der Waals surface area contributed by atoms with Gasteiger partial charge in [-0.15, -0.1) is 0 Å². The van der Waals surface area contributed by atoms with Gasteiger partial charge in [-0.1, -0.05) is 13.3 Å². The monoisotopic (exact) mass is 285 g/mol. The smallest absolute Gasteiger partial charge is 0.255 e. The number of rotatable bonds is 5. The summed E-state index contributed by atoms with van der Waals surface area (Å²) < 4.78 is 5.54. The van der Waals surface area contributed by atoms with Crippen molar-refractivity contribution in [1.29, 1.82) is 0 Å². The summed E-state index contributed by atoms with van der Waals surface area (Å²) in [5.74, 6) is -0.0528. The average molecular weight is 286 g/mol. The molecule has 2 rings (SSSR count). The van der Waals surface area contributed by atoms with Gasteiger partial charge >= 0.3 is 0 Å². The Morgan fingerprint density at radius 2 is 2.38 bits per heavy atom. The molecule has 4 heteroatoms. The molecule has 88 valence electrons. The molecule has 1 amide bonds. The Morgan fingerprint density at radius 3 is 2.88 bits per heavy atom. The van der Waals surface area contributed by atoms with Crippen LogP contribution >= 0.6 is 15.9 Å². The maximum Gasteiger partial charge on any atom is 0.255 e. The zero-order valence-electron chi connectivity index (χ0n) is 9.38. The quantitative estimate of drug-likeness (QED) is 0.902. The standard InChI is InChI=1S/C12H16BrNO2/c1-2-4-12(5-6-12)8-14-11(15)9-3-7-16-10(9)13/h3,7H,2,4-6,8H2,1H3,(H,14,15). The molecule has 1 aliphatic carbocycles. The second-order valence-electron chi connectivity index (χ2n) is 4.54. The van der Waals surface area contributed by atoms with Crippen LogP contribution in [-0.4, -0.2) is 12.5 Å². The second-order valence-corrected chi connectivity index (χ2v) is 5.26. The van der Waals surface area contributed by atoms with Crippen LogP contribution in [0.2, 0.25) is 0 Å². The first kappa shape index (κ1) is 11.7. The Bertz CT molecular complexity index is 382. The molecule has 3 nitrogen and oxygen atoms in total. The molecule has 16 heavy (non-hydrogen) atoms. The Labute approximate surface area is 104 Å². The van der Waals surface area contributed by atoms with Gasteiger partial charge in [-0.25, -0.2) is 0 Å². The summed E-state index contributed by atoms with van der Waals surface area (Å²) >= 11 is 3.21. The number of hydrogen-bond donors (Lipinski definition) is 1. The van der Waals surface area contributed by atoms with Crippen molar-refractivity contribution in [2.24, 2.45) is 5.41 Å². The van der Waals surface area contributed by atoms with E-state index < -0.39 is 0 Å². The van der Waals surface area contributed by atoms with Gasteiger partial charge < -0.3 is 9.73 Å². The number of furan rings is 1. The summed E-state index contributed by atoms with van der Waals surface area (Å²) in [6.45, 7) is 2.98. The average Bonchev–Trinajstić information content (AvgIpc) is 2.89. The molecule has 0 bridgehead atoms. The molecule has 0 unspecified atom stereocenters. The van der Waals surface area contributed by atoms with E-state index in [9.17, 15) is 4.79 Å². The van der Waals surface area contributed by atoms with Crippen molar-refractivity contribution in [2.45, 2.75) is 32.6 Å². The highest BCUT2D eigenvalue weighted by molar-refractivity contribution is 9.10. The van der Waals surface area contributed by atoms with Crippen LogP contribution in [0.25, 0.3) is 0 Å². The van der Waals surface area contributed by atoms with Gasteiger partial charge in [0.2, 0.25) is 0 Å². The van der Waals surface area contributed by atoms with E-state index in [2.05, 4.69) is 28.2 Å². The topological polar surface area (TPSA) is 42.2 Å². The first-order chi connectivity index (χ1) is 7.67. The Hall–Kier alpha value is -0.770. The molecule has 1 heterocycles. The molecule has 1 N–H and O–H groups in total. The van der Waals surface area contributed by atoms with E-state index in [1.165, 1.54) is 31.9 Å². The molecule has 0 saturated heterocycles. The summed E-state index contributed by atoms with van der Waals surface area (Å²) in [5.41, 5.74) is 0.966. The van der Waals surface area contributed by atoms with Crippen molar-refractivity contribution >= 4 is 21.8 Å². The number of amides is 1. The zero-order chi connectivity index (χ0) is 11.6. The molecule has 1 aromatic rings. The lowest BCUT2D eigenvalue weighted by Gasteiger charge is -2.14. The normalized spacial score (nSPS) is 17.1. The summed E-state index contributed by atoms with van der Waals surface area (Å²) in [7, 11) is 0. The predicted octanol–water partition coefficient (Wildman–Crippen LogP) is 3.35. The van der Waals surface area contributed by atoms with Crippen molar-refractivity contribution in [1.82, 2.24) is 5.32 Å². The summed E-state index contributed by atoms with van der Waals surface area (Å²) in [6, 6.07) is 1.68. The minimum absolute atomic E-state index is 0.0528. The zero-order valence-corrected chi connectivity index (χ0v) is 11.0. The predicted molar refractivity (Wildman–Crippen MR) is 65.3 cm³/mol. The summed E-state index contributed by atoms with van der Waals surface area (Å²) in [6.07, 6.45) is 6.39. The van der Waals surface area contributed by atoms with E-state index in [-0.39, 0.29) is 5.91 Å². The van der Waals surface area contributed by atoms with Crippen LogP contribution in [0.4, 0.5) is 0 Å². The van der Waals surface area contributed by atoms with Gasteiger partial charge in [0.25, 0.3) is 5.91 Å². The maximum absolute atomic E-state index is 11.8. The molecule has 1 aromatic heterocycles. The lowest BCUT2D eigenvalue weighted by molar-refractivity contribution is 0.0942. The van der Waals surface area contributed by atoms with Crippen LogP contribution in [0, 0.1) is 5.41 Å². The van der Waals surface area contributed by atoms with Gasteiger partial charge in [0.05, 0.1) is 11.8 Å². The van der Waals surface area contributed by atoms with Gasteiger partial charge in [-0.05, 0) is 46.7 Å². The number of hydrogen-bond acceptors (Lipinski definition) is 2. The molecule has 0 radical (unpaired) electrons. The molecule has 0 aliphatic heterocycles.